The van der Waals surface area contributed by atoms with Crippen molar-refractivity contribution < 1.29 is 4.79 Å². The molecule has 0 radical (unpaired) electrons. The average Bonchev–Trinajstić information content (AvgIpc) is 2.79. The molecule has 0 aliphatic carbocycles. The highest BCUT2D eigenvalue weighted by atomic mass is 35.5. The van der Waals surface area contributed by atoms with Crippen LogP contribution >= 0.6 is 11.6 Å². The molecule has 1 saturated heterocycles. The second-order valence-corrected chi connectivity index (χ2v) is 5.54. The summed E-state index contributed by atoms with van der Waals surface area (Å²) in [4.78, 5) is 14.4. The van der Waals surface area contributed by atoms with Gasteiger partial charge in [0.25, 0.3) is 0 Å². The normalized spacial score (nSPS) is 21.8. The molecule has 0 aromatic carbocycles. The monoisotopic (exact) mass is 259 g/mol. The number of hydrogen-bond acceptors (Lipinski definition) is 1. The van der Waals surface area contributed by atoms with Crippen LogP contribution in [0.15, 0.2) is 0 Å². The van der Waals surface area contributed by atoms with Crippen molar-refractivity contribution in [1.29, 1.82) is 0 Å². The van der Waals surface area contributed by atoms with Crippen LogP contribution in [0.1, 0.15) is 52.4 Å². The molecule has 0 bridgehead atoms. The fourth-order valence-corrected chi connectivity index (χ4v) is 2.94. The Kier molecular flexibility index (Phi) is 6.94. The zero-order valence-corrected chi connectivity index (χ0v) is 12.0. The zero-order valence-electron chi connectivity index (χ0n) is 11.3. The van der Waals surface area contributed by atoms with E-state index in [1.807, 2.05) is 0 Å². The summed E-state index contributed by atoms with van der Waals surface area (Å²) in [6.07, 6.45) is 6.58. The van der Waals surface area contributed by atoms with Gasteiger partial charge in [-0.1, -0.05) is 26.7 Å². The molecule has 1 aliphatic rings. The van der Waals surface area contributed by atoms with Crippen LogP contribution < -0.4 is 0 Å². The molecular weight excluding hydrogens is 234 g/mol. The number of likely N-dealkylation sites (tertiary alicyclic amines) is 1. The maximum Gasteiger partial charge on any atom is 0.225 e. The minimum absolute atomic E-state index is 0.254. The summed E-state index contributed by atoms with van der Waals surface area (Å²) < 4.78 is 0. The van der Waals surface area contributed by atoms with Crippen LogP contribution in [0.3, 0.4) is 0 Å². The van der Waals surface area contributed by atoms with E-state index in [0.29, 0.717) is 11.8 Å². The molecule has 17 heavy (non-hydrogen) atoms. The van der Waals surface area contributed by atoms with Gasteiger partial charge >= 0.3 is 0 Å². The fraction of sp³-hybridized carbons (Fsp3) is 0.929. The topological polar surface area (TPSA) is 20.3 Å². The van der Waals surface area contributed by atoms with Crippen LogP contribution in [0.25, 0.3) is 0 Å². The van der Waals surface area contributed by atoms with Crippen LogP contribution in [0.2, 0.25) is 0 Å². The standard InChI is InChI=1S/C14H26ClNO/c1-3-5-6-13(4-2)14(17)16-10-8-12(11-16)7-9-15/h12-13H,3-11H2,1-2H3. The van der Waals surface area contributed by atoms with E-state index >= 15 is 0 Å². The number of rotatable bonds is 7. The number of hydrogen-bond donors (Lipinski definition) is 0. The molecule has 2 nitrogen and oxygen atoms in total. The highest BCUT2D eigenvalue weighted by molar-refractivity contribution is 6.17. The Hall–Kier alpha value is -0.240. The predicted molar refractivity (Wildman–Crippen MR) is 73.3 cm³/mol. The van der Waals surface area contributed by atoms with Crippen molar-refractivity contribution in [3.05, 3.63) is 0 Å². The third-order valence-corrected chi connectivity index (χ3v) is 4.08. The van der Waals surface area contributed by atoms with E-state index in [-0.39, 0.29) is 5.92 Å². The number of alkyl halides is 1. The first-order chi connectivity index (χ1) is 8.22. The molecule has 1 amide bonds. The van der Waals surface area contributed by atoms with E-state index in [2.05, 4.69) is 18.7 Å². The number of unbranched alkanes of at least 4 members (excludes halogenated alkanes) is 1. The maximum absolute atomic E-state index is 12.3. The highest BCUT2D eigenvalue weighted by Crippen LogP contribution is 2.24. The summed E-state index contributed by atoms with van der Waals surface area (Å²) in [5.41, 5.74) is 0. The first-order valence-corrected chi connectivity index (χ1v) is 7.61. The van der Waals surface area contributed by atoms with Crippen molar-refractivity contribution in [1.82, 2.24) is 4.90 Å². The molecule has 2 unspecified atom stereocenters. The van der Waals surface area contributed by atoms with Gasteiger partial charge in [0, 0.05) is 24.9 Å². The van der Waals surface area contributed by atoms with Gasteiger partial charge in [-0.2, -0.15) is 0 Å². The van der Waals surface area contributed by atoms with Gasteiger partial charge in [0.2, 0.25) is 5.91 Å². The molecule has 1 fully saturated rings. The van der Waals surface area contributed by atoms with Gasteiger partial charge in [-0.05, 0) is 31.6 Å². The summed E-state index contributed by atoms with van der Waals surface area (Å²) in [5, 5.41) is 0. The molecule has 100 valence electrons. The summed E-state index contributed by atoms with van der Waals surface area (Å²) >= 11 is 5.76. The van der Waals surface area contributed by atoms with Crippen LogP contribution in [0.4, 0.5) is 0 Å². The first-order valence-electron chi connectivity index (χ1n) is 7.07. The van der Waals surface area contributed by atoms with Gasteiger partial charge in [0.1, 0.15) is 0 Å². The van der Waals surface area contributed by atoms with Crippen LogP contribution in [0.5, 0.6) is 0 Å². The number of halogens is 1. The summed E-state index contributed by atoms with van der Waals surface area (Å²) in [7, 11) is 0. The second-order valence-electron chi connectivity index (χ2n) is 5.16. The molecule has 0 spiro atoms. The van der Waals surface area contributed by atoms with Crippen LogP contribution in [0, 0.1) is 11.8 Å². The van der Waals surface area contributed by atoms with Crippen molar-refractivity contribution in [2.24, 2.45) is 11.8 Å². The molecule has 0 saturated carbocycles. The molecule has 1 aliphatic heterocycles. The Morgan fingerprint density at radius 1 is 1.47 bits per heavy atom. The number of carbonyl (C=O) groups excluding carboxylic acids is 1. The first kappa shape index (κ1) is 14.8. The van der Waals surface area contributed by atoms with Gasteiger partial charge in [-0.15, -0.1) is 11.6 Å². The molecule has 3 heteroatoms. The smallest absolute Gasteiger partial charge is 0.225 e. The quantitative estimate of drug-likeness (QED) is 0.639. The van der Waals surface area contributed by atoms with Crippen molar-refractivity contribution >= 4 is 17.5 Å². The molecule has 0 aromatic rings. The van der Waals surface area contributed by atoms with Crippen LogP contribution in [-0.2, 0) is 4.79 Å². The van der Waals surface area contributed by atoms with Gasteiger partial charge in [-0.25, -0.2) is 0 Å². The largest absolute Gasteiger partial charge is 0.342 e. The molecule has 0 N–H and O–H groups in total. The lowest BCUT2D eigenvalue weighted by Gasteiger charge is -2.22. The third-order valence-electron chi connectivity index (χ3n) is 3.86. The molecule has 1 heterocycles. The summed E-state index contributed by atoms with van der Waals surface area (Å²) in [6.45, 7) is 6.20. The van der Waals surface area contributed by atoms with Gasteiger partial charge in [-0.3, -0.25) is 4.79 Å². The van der Waals surface area contributed by atoms with Gasteiger partial charge in [0.15, 0.2) is 0 Å². The SMILES string of the molecule is CCCCC(CC)C(=O)N1CCC(CCCl)C1. The lowest BCUT2D eigenvalue weighted by atomic mass is 9.98. The van der Waals surface area contributed by atoms with Gasteiger partial charge in [0.05, 0.1) is 0 Å². The van der Waals surface area contributed by atoms with Crippen molar-refractivity contribution in [3.8, 4) is 0 Å². The summed E-state index contributed by atoms with van der Waals surface area (Å²) in [6, 6.07) is 0. The molecule has 1 rings (SSSR count). The minimum Gasteiger partial charge on any atom is -0.342 e. The van der Waals surface area contributed by atoms with Crippen molar-refractivity contribution in [2.75, 3.05) is 19.0 Å². The van der Waals surface area contributed by atoms with E-state index in [1.165, 1.54) is 12.8 Å². The van der Waals surface area contributed by atoms with Crippen molar-refractivity contribution in [2.45, 2.75) is 52.4 Å². The zero-order chi connectivity index (χ0) is 12.7. The van der Waals surface area contributed by atoms with Crippen LogP contribution in [-0.4, -0.2) is 29.8 Å². The van der Waals surface area contributed by atoms with E-state index < -0.39 is 0 Å². The Morgan fingerprint density at radius 3 is 2.82 bits per heavy atom. The lowest BCUT2D eigenvalue weighted by Crippen LogP contribution is -2.34. The Morgan fingerprint density at radius 2 is 2.24 bits per heavy atom. The van der Waals surface area contributed by atoms with E-state index in [4.69, 9.17) is 11.6 Å². The highest BCUT2D eigenvalue weighted by Gasteiger charge is 2.29. The Bertz CT molecular complexity index is 232. The van der Waals surface area contributed by atoms with Gasteiger partial charge < -0.3 is 4.90 Å². The number of nitrogens with zero attached hydrogens (tertiary/aromatic N) is 1. The minimum atomic E-state index is 0.254. The fourth-order valence-electron chi connectivity index (χ4n) is 2.63. The molecule has 0 aromatic heterocycles. The van der Waals surface area contributed by atoms with E-state index in [0.717, 1.165) is 44.7 Å². The number of carbonyl (C=O) groups is 1. The summed E-state index contributed by atoms with van der Waals surface area (Å²) in [5.74, 6) is 2.00. The third kappa shape index (κ3) is 4.50. The lowest BCUT2D eigenvalue weighted by molar-refractivity contribution is -0.135. The second kappa shape index (κ2) is 7.97. The molecular formula is C14H26ClNO. The maximum atomic E-state index is 12.3. The van der Waals surface area contributed by atoms with E-state index in [9.17, 15) is 4.79 Å². The van der Waals surface area contributed by atoms with Crippen molar-refractivity contribution in [3.63, 3.8) is 0 Å². The number of amides is 1. The molecule has 2 atom stereocenters. The Labute approximate surface area is 111 Å². The Balaban J connectivity index is 2.40. The van der Waals surface area contributed by atoms with E-state index in [1.54, 1.807) is 0 Å². The average molecular weight is 260 g/mol. The predicted octanol–water partition coefficient (Wildman–Crippen LogP) is 3.68.